The monoisotopic (exact) mass is 284 g/mol. The molecule has 0 bridgehead atoms. The van der Waals surface area contributed by atoms with Gasteiger partial charge in [-0.05, 0) is 12.8 Å². The Morgan fingerprint density at radius 3 is 2.50 bits per heavy atom. The van der Waals surface area contributed by atoms with E-state index in [1.807, 2.05) is 27.8 Å². The van der Waals surface area contributed by atoms with Gasteiger partial charge >= 0.3 is 0 Å². The molecule has 2 fully saturated rings. The fourth-order valence-electron chi connectivity index (χ4n) is 3.16. The van der Waals surface area contributed by atoms with Crippen LogP contribution in [0.1, 0.15) is 12.8 Å². The summed E-state index contributed by atoms with van der Waals surface area (Å²) in [5, 5.41) is 11.1. The van der Waals surface area contributed by atoms with E-state index in [9.17, 15) is 5.11 Å². The van der Waals surface area contributed by atoms with Gasteiger partial charge in [0.05, 0.1) is 25.4 Å². The van der Waals surface area contributed by atoms with E-state index in [1.54, 1.807) is 0 Å². The van der Waals surface area contributed by atoms with Gasteiger partial charge in [-0.3, -0.25) is 4.84 Å². The highest BCUT2D eigenvalue weighted by molar-refractivity contribution is 6.11. The van der Waals surface area contributed by atoms with Gasteiger partial charge in [-0.1, -0.05) is 0 Å². The molecule has 0 aromatic heterocycles. The molecule has 2 aliphatic rings. The standard InChI is InChI=1S/C12H26B2N2O4/c1-16(4-7-2-11(13)19-9(7)5-17)18-6-10-8(15)3-12(14)20-10/h7-12,17H,2-6,13-15H2,1H3/t7?,8-,9-,10-,11-,12-/m1/s1. The molecule has 0 saturated carbocycles. The lowest BCUT2D eigenvalue weighted by molar-refractivity contribution is -0.174. The summed E-state index contributed by atoms with van der Waals surface area (Å²) in [5.74, 6) is 0.303. The number of nitrogens with two attached hydrogens (primary N) is 1. The van der Waals surface area contributed by atoms with Crippen LogP contribution in [0, 0.1) is 5.92 Å². The Hall–Kier alpha value is -0.110. The molecule has 0 spiro atoms. The third-order valence-corrected chi connectivity index (χ3v) is 4.19. The molecule has 0 radical (unpaired) electrons. The number of ether oxygens (including phenoxy) is 2. The average Bonchev–Trinajstić information content (AvgIpc) is 2.89. The summed E-state index contributed by atoms with van der Waals surface area (Å²) in [6, 6.07) is 0.475. The van der Waals surface area contributed by atoms with E-state index in [0.29, 0.717) is 12.5 Å². The minimum Gasteiger partial charge on any atom is -0.394 e. The Kier molecular flexibility index (Phi) is 5.89. The summed E-state index contributed by atoms with van der Waals surface area (Å²) in [5.41, 5.74) is 6.00. The number of aliphatic hydroxyl groups is 1. The lowest BCUT2D eigenvalue weighted by Crippen LogP contribution is -2.38. The molecule has 6 atom stereocenters. The molecule has 6 nitrogen and oxygen atoms in total. The van der Waals surface area contributed by atoms with E-state index in [-0.39, 0.29) is 36.9 Å². The van der Waals surface area contributed by atoms with Crippen molar-refractivity contribution in [3.63, 3.8) is 0 Å². The van der Waals surface area contributed by atoms with E-state index in [1.165, 1.54) is 0 Å². The van der Waals surface area contributed by atoms with Crippen molar-refractivity contribution >= 4 is 15.7 Å². The first-order valence-electron chi connectivity index (χ1n) is 7.51. The Labute approximate surface area is 122 Å². The van der Waals surface area contributed by atoms with Crippen LogP contribution in [-0.2, 0) is 14.3 Å². The molecule has 20 heavy (non-hydrogen) atoms. The Bertz CT molecular complexity index is 313. The molecule has 2 rings (SSSR count). The van der Waals surface area contributed by atoms with Gasteiger partial charge in [-0.25, -0.2) is 0 Å². The lowest BCUT2D eigenvalue weighted by Gasteiger charge is -2.25. The van der Waals surface area contributed by atoms with E-state index in [0.717, 1.165) is 19.4 Å². The predicted molar refractivity (Wildman–Crippen MR) is 80.8 cm³/mol. The van der Waals surface area contributed by atoms with Gasteiger partial charge in [0.15, 0.2) is 0 Å². The quantitative estimate of drug-likeness (QED) is 0.408. The summed E-state index contributed by atoms with van der Waals surface area (Å²) in [7, 11) is 5.98. The van der Waals surface area contributed by atoms with Gasteiger partial charge in [-0.2, -0.15) is 5.06 Å². The molecule has 2 aliphatic heterocycles. The van der Waals surface area contributed by atoms with Crippen LogP contribution >= 0.6 is 0 Å². The molecule has 0 aromatic rings. The molecule has 0 aliphatic carbocycles. The second-order valence-electron chi connectivity index (χ2n) is 6.15. The normalized spacial score (nSPS) is 41.6. The first-order valence-corrected chi connectivity index (χ1v) is 7.51. The SMILES string of the molecule is B[C@H]1CC(CN(C)OC[C@H]2O[C@@H](B)C[C@H]2N)[C@@H](CO)O1. The predicted octanol–water partition coefficient (Wildman–Crippen LogP) is -2.72. The van der Waals surface area contributed by atoms with Crippen molar-refractivity contribution in [1.82, 2.24) is 5.06 Å². The van der Waals surface area contributed by atoms with Crippen molar-refractivity contribution in [2.45, 2.75) is 43.1 Å². The summed E-state index contributed by atoms with van der Waals surface area (Å²) in [6.07, 6.45) is 1.73. The van der Waals surface area contributed by atoms with Crippen molar-refractivity contribution in [3.05, 3.63) is 0 Å². The second-order valence-corrected chi connectivity index (χ2v) is 6.15. The third kappa shape index (κ3) is 4.19. The van der Waals surface area contributed by atoms with Crippen LogP contribution in [0.3, 0.4) is 0 Å². The molecular weight excluding hydrogens is 258 g/mol. The highest BCUT2D eigenvalue weighted by atomic mass is 16.7. The van der Waals surface area contributed by atoms with Crippen LogP contribution in [0.25, 0.3) is 0 Å². The Morgan fingerprint density at radius 2 is 1.90 bits per heavy atom. The van der Waals surface area contributed by atoms with Crippen molar-refractivity contribution in [2.75, 3.05) is 26.8 Å². The Balaban J connectivity index is 1.71. The number of nitrogens with zero attached hydrogens (tertiary/aromatic N) is 1. The molecule has 2 heterocycles. The number of hydrogen-bond acceptors (Lipinski definition) is 6. The van der Waals surface area contributed by atoms with Crippen LogP contribution in [0.4, 0.5) is 0 Å². The minimum absolute atomic E-state index is 0.0279. The molecule has 0 amide bonds. The summed E-state index contributed by atoms with van der Waals surface area (Å²) in [6.45, 7) is 1.29. The number of rotatable bonds is 6. The number of aliphatic hydroxyl groups excluding tert-OH is 1. The van der Waals surface area contributed by atoms with Gasteiger partial charge in [0.1, 0.15) is 15.7 Å². The first kappa shape index (κ1) is 16.3. The second kappa shape index (κ2) is 7.24. The van der Waals surface area contributed by atoms with Crippen LogP contribution in [-0.4, -0.2) is 82.9 Å². The number of hydroxylamine groups is 2. The van der Waals surface area contributed by atoms with Gasteiger partial charge in [0.25, 0.3) is 0 Å². The average molecular weight is 284 g/mol. The maximum absolute atomic E-state index is 9.31. The van der Waals surface area contributed by atoms with Crippen LogP contribution in [0.15, 0.2) is 0 Å². The first-order chi connectivity index (χ1) is 9.49. The molecule has 2 saturated heterocycles. The zero-order chi connectivity index (χ0) is 14.7. The fourth-order valence-corrected chi connectivity index (χ4v) is 3.16. The van der Waals surface area contributed by atoms with Crippen molar-refractivity contribution in [1.29, 1.82) is 0 Å². The molecule has 1 unspecified atom stereocenters. The van der Waals surface area contributed by atoms with Gasteiger partial charge in [0, 0.05) is 37.6 Å². The minimum atomic E-state index is -0.0824. The summed E-state index contributed by atoms with van der Waals surface area (Å²) >= 11 is 0. The maximum atomic E-state index is 9.31. The van der Waals surface area contributed by atoms with Gasteiger partial charge in [0.2, 0.25) is 0 Å². The molecule has 3 N–H and O–H groups in total. The molecule has 8 heteroatoms. The van der Waals surface area contributed by atoms with E-state index < -0.39 is 0 Å². The van der Waals surface area contributed by atoms with Crippen molar-refractivity contribution in [2.24, 2.45) is 11.7 Å². The Morgan fingerprint density at radius 1 is 1.25 bits per heavy atom. The smallest absolute Gasteiger partial charge is 0.139 e. The van der Waals surface area contributed by atoms with Gasteiger partial charge in [-0.15, -0.1) is 0 Å². The highest BCUT2D eigenvalue weighted by Gasteiger charge is 2.34. The zero-order valence-electron chi connectivity index (χ0n) is 12.7. The third-order valence-electron chi connectivity index (χ3n) is 4.19. The van der Waals surface area contributed by atoms with Crippen LogP contribution < -0.4 is 5.73 Å². The summed E-state index contributed by atoms with van der Waals surface area (Å²) < 4.78 is 11.4. The van der Waals surface area contributed by atoms with Crippen molar-refractivity contribution < 1.29 is 19.4 Å². The van der Waals surface area contributed by atoms with Crippen LogP contribution in [0.2, 0.25) is 0 Å². The fraction of sp³-hybridized carbons (Fsp3) is 1.00. The lowest BCUT2D eigenvalue weighted by atomic mass is 9.91. The van der Waals surface area contributed by atoms with E-state index in [4.69, 9.17) is 20.0 Å². The molecular formula is C12H26B2N2O4. The largest absolute Gasteiger partial charge is 0.394 e. The van der Waals surface area contributed by atoms with Crippen LogP contribution in [0.5, 0.6) is 0 Å². The number of hydrogen-bond donors (Lipinski definition) is 2. The maximum Gasteiger partial charge on any atom is 0.139 e. The molecule has 114 valence electrons. The van der Waals surface area contributed by atoms with Crippen molar-refractivity contribution in [3.8, 4) is 0 Å². The summed E-state index contributed by atoms with van der Waals surface area (Å²) in [4.78, 5) is 5.73. The van der Waals surface area contributed by atoms with Gasteiger partial charge < -0.3 is 20.3 Å². The van der Waals surface area contributed by atoms with E-state index in [2.05, 4.69) is 0 Å². The van der Waals surface area contributed by atoms with E-state index >= 15 is 0 Å². The highest BCUT2D eigenvalue weighted by Crippen LogP contribution is 2.25. The zero-order valence-corrected chi connectivity index (χ0v) is 12.7. The topological polar surface area (TPSA) is 77.2 Å². The molecule has 0 aromatic carbocycles.